The fraction of sp³-hybridized carbons (Fsp3) is 0.455. The summed E-state index contributed by atoms with van der Waals surface area (Å²) < 4.78 is 0. The van der Waals surface area contributed by atoms with E-state index in [2.05, 4.69) is 70.1 Å². The topological polar surface area (TPSA) is 27.3 Å². The number of nitrogens with zero attached hydrogens (tertiary/aromatic N) is 1. The molecule has 0 bridgehead atoms. The Bertz CT molecular complexity index is 658. The molecule has 2 aromatic carbocycles. The van der Waals surface area contributed by atoms with E-state index in [1.165, 1.54) is 42.6 Å². The fourth-order valence-electron chi connectivity index (χ4n) is 4.39. The molecule has 132 valence electrons. The lowest BCUT2D eigenvalue weighted by molar-refractivity contribution is 0.444. The molecule has 0 saturated carbocycles. The molecule has 0 spiro atoms. The molecule has 3 nitrogen and oxygen atoms in total. The summed E-state index contributed by atoms with van der Waals surface area (Å²) in [7, 11) is 0. The van der Waals surface area contributed by atoms with Crippen LogP contribution in [0.4, 0.5) is 11.4 Å². The van der Waals surface area contributed by atoms with Crippen molar-refractivity contribution in [3.63, 3.8) is 0 Å². The molecule has 0 radical (unpaired) electrons. The summed E-state index contributed by atoms with van der Waals surface area (Å²) >= 11 is 0. The first-order valence-electron chi connectivity index (χ1n) is 9.78. The van der Waals surface area contributed by atoms with E-state index in [-0.39, 0.29) is 0 Å². The van der Waals surface area contributed by atoms with Crippen LogP contribution in [0.1, 0.15) is 37.2 Å². The summed E-state index contributed by atoms with van der Waals surface area (Å²) in [5.74, 6) is 0.672. The zero-order chi connectivity index (χ0) is 16.9. The quantitative estimate of drug-likeness (QED) is 0.883. The lowest BCUT2D eigenvalue weighted by Crippen LogP contribution is -2.41. The minimum atomic E-state index is 0.575. The van der Waals surface area contributed by atoms with Crippen LogP contribution >= 0.6 is 0 Å². The maximum Gasteiger partial charge on any atom is 0.0448 e. The monoisotopic (exact) mass is 335 g/mol. The van der Waals surface area contributed by atoms with Crippen LogP contribution in [-0.4, -0.2) is 32.2 Å². The Morgan fingerprint density at radius 1 is 0.680 bits per heavy atom. The van der Waals surface area contributed by atoms with Crippen LogP contribution in [0.5, 0.6) is 0 Å². The van der Waals surface area contributed by atoms with Gasteiger partial charge < -0.3 is 15.5 Å². The number of anilines is 2. The van der Waals surface area contributed by atoms with Gasteiger partial charge in [-0.3, -0.25) is 0 Å². The molecule has 4 rings (SSSR count). The van der Waals surface area contributed by atoms with Gasteiger partial charge in [-0.25, -0.2) is 0 Å². The smallest absolute Gasteiger partial charge is 0.0448 e. The van der Waals surface area contributed by atoms with E-state index in [0.717, 1.165) is 26.2 Å². The molecule has 2 aliphatic rings. The van der Waals surface area contributed by atoms with Crippen LogP contribution in [0, 0.1) is 0 Å². The largest absolute Gasteiger partial charge is 0.338 e. The minimum Gasteiger partial charge on any atom is -0.338 e. The standard InChI is InChI=1S/C22H29N3/c1-2-6-19(7-3-1)25(20-12-16-24-17-13-20)22-9-5-4-8-21(22)18-10-14-23-15-11-18/h1-9,18,20,23-24H,10-17H2. The van der Waals surface area contributed by atoms with Gasteiger partial charge in [0.2, 0.25) is 0 Å². The Morgan fingerprint density at radius 2 is 1.28 bits per heavy atom. The zero-order valence-corrected chi connectivity index (χ0v) is 15.0. The Hall–Kier alpha value is -1.84. The van der Waals surface area contributed by atoms with Crippen LogP contribution in [-0.2, 0) is 0 Å². The van der Waals surface area contributed by atoms with E-state index < -0.39 is 0 Å². The maximum atomic E-state index is 3.52. The van der Waals surface area contributed by atoms with Gasteiger partial charge >= 0.3 is 0 Å². The van der Waals surface area contributed by atoms with Gasteiger partial charge in [0.1, 0.15) is 0 Å². The van der Waals surface area contributed by atoms with Gasteiger partial charge in [0.25, 0.3) is 0 Å². The highest BCUT2D eigenvalue weighted by molar-refractivity contribution is 5.68. The van der Waals surface area contributed by atoms with Gasteiger partial charge in [0.15, 0.2) is 0 Å². The third-order valence-corrected chi connectivity index (χ3v) is 5.68. The van der Waals surface area contributed by atoms with Gasteiger partial charge in [-0.2, -0.15) is 0 Å². The SMILES string of the molecule is c1ccc(N(c2ccccc2C2CCNCC2)C2CCNCC2)cc1. The highest BCUT2D eigenvalue weighted by atomic mass is 15.2. The Labute approximate surface area is 151 Å². The molecule has 25 heavy (non-hydrogen) atoms. The molecule has 2 aromatic rings. The zero-order valence-electron chi connectivity index (χ0n) is 15.0. The van der Waals surface area contributed by atoms with E-state index in [0.29, 0.717) is 12.0 Å². The summed E-state index contributed by atoms with van der Waals surface area (Å²) in [5, 5.41) is 7.02. The van der Waals surface area contributed by atoms with Gasteiger partial charge in [0, 0.05) is 17.4 Å². The molecule has 0 aliphatic carbocycles. The summed E-state index contributed by atoms with van der Waals surface area (Å²) in [5.41, 5.74) is 4.29. The van der Waals surface area contributed by atoms with Crippen molar-refractivity contribution in [1.82, 2.24) is 10.6 Å². The predicted octanol–water partition coefficient (Wildman–Crippen LogP) is 4.04. The van der Waals surface area contributed by atoms with E-state index in [1.54, 1.807) is 0 Å². The average Bonchev–Trinajstić information content (AvgIpc) is 2.71. The lowest BCUT2D eigenvalue weighted by atomic mass is 9.88. The Balaban J connectivity index is 1.74. The van der Waals surface area contributed by atoms with Crippen molar-refractivity contribution in [2.24, 2.45) is 0 Å². The molecule has 2 N–H and O–H groups in total. The molecule has 2 saturated heterocycles. The summed E-state index contributed by atoms with van der Waals surface area (Å²) in [4.78, 5) is 2.62. The van der Waals surface area contributed by atoms with E-state index in [9.17, 15) is 0 Å². The first kappa shape index (κ1) is 16.6. The number of piperidine rings is 2. The molecule has 2 fully saturated rings. The highest BCUT2D eigenvalue weighted by Crippen LogP contribution is 2.38. The first-order valence-corrected chi connectivity index (χ1v) is 9.78. The van der Waals surface area contributed by atoms with Crippen molar-refractivity contribution < 1.29 is 0 Å². The third-order valence-electron chi connectivity index (χ3n) is 5.68. The molecule has 2 heterocycles. The van der Waals surface area contributed by atoms with Crippen molar-refractivity contribution in [2.45, 2.75) is 37.6 Å². The molecule has 3 heteroatoms. The normalized spacial score (nSPS) is 19.7. The molecule has 0 atom stereocenters. The van der Waals surface area contributed by atoms with E-state index >= 15 is 0 Å². The minimum absolute atomic E-state index is 0.575. The molecular formula is C22H29N3. The van der Waals surface area contributed by atoms with Crippen molar-refractivity contribution in [3.05, 3.63) is 60.2 Å². The molecule has 2 aliphatic heterocycles. The number of hydrogen-bond acceptors (Lipinski definition) is 3. The lowest BCUT2D eigenvalue weighted by Gasteiger charge is -2.39. The summed E-state index contributed by atoms with van der Waals surface area (Å²) in [6.07, 6.45) is 4.89. The van der Waals surface area contributed by atoms with Crippen molar-refractivity contribution in [2.75, 3.05) is 31.1 Å². The molecule has 0 unspecified atom stereocenters. The Morgan fingerprint density at radius 3 is 2.00 bits per heavy atom. The summed E-state index contributed by atoms with van der Waals surface area (Å²) in [6.45, 7) is 4.50. The van der Waals surface area contributed by atoms with Gasteiger partial charge in [0.05, 0.1) is 0 Å². The second kappa shape index (κ2) is 8.03. The number of hydrogen-bond donors (Lipinski definition) is 2. The van der Waals surface area contributed by atoms with Crippen LogP contribution in [0.2, 0.25) is 0 Å². The molecular weight excluding hydrogens is 306 g/mol. The molecule has 0 amide bonds. The highest BCUT2D eigenvalue weighted by Gasteiger charge is 2.27. The van der Waals surface area contributed by atoms with Crippen LogP contribution in [0.15, 0.2) is 54.6 Å². The first-order chi connectivity index (χ1) is 12.4. The van der Waals surface area contributed by atoms with Gasteiger partial charge in [-0.15, -0.1) is 0 Å². The number of nitrogens with one attached hydrogen (secondary N) is 2. The second-order valence-corrected chi connectivity index (χ2v) is 7.27. The van der Waals surface area contributed by atoms with E-state index in [4.69, 9.17) is 0 Å². The van der Waals surface area contributed by atoms with Crippen LogP contribution in [0.25, 0.3) is 0 Å². The van der Waals surface area contributed by atoms with E-state index in [1.807, 2.05) is 0 Å². The fourth-order valence-corrected chi connectivity index (χ4v) is 4.39. The maximum absolute atomic E-state index is 3.52. The van der Waals surface area contributed by atoms with Crippen molar-refractivity contribution >= 4 is 11.4 Å². The van der Waals surface area contributed by atoms with Gasteiger partial charge in [-0.1, -0.05) is 36.4 Å². The Kier molecular flexibility index (Phi) is 5.34. The second-order valence-electron chi connectivity index (χ2n) is 7.27. The van der Waals surface area contributed by atoms with Gasteiger partial charge in [-0.05, 0) is 81.5 Å². The number of para-hydroxylation sites is 2. The van der Waals surface area contributed by atoms with Crippen molar-refractivity contribution in [3.8, 4) is 0 Å². The number of rotatable bonds is 4. The summed E-state index contributed by atoms with van der Waals surface area (Å²) in [6, 6.07) is 20.7. The van der Waals surface area contributed by atoms with Crippen molar-refractivity contribution in [1.29, 1.82) is 0 Å². The third kappa shape index (κ3) is 3.73. The van der Waals surface area contributed by atoms with Crippen LogP contribution in [0.3, 0.4) is 0 Å². The number of benzene rings is 2. The average molecular weight is 335 g/mol. The predicted molar refractivity (Wildman–Crippen MR) is 106 cm³/mol. The molecule has 0 aromatic heterocycles. The van der Waals surface area contributed by atoms with Crippen LogP contribution < -0.4 is 15.5 Å².